The van der Waals surface area contributed by atoms with E-state index in [-0.39, 0.29) is 45.8 Å². The van der Waals surface area contributed by atoms with Crippen molar-refractivity contribution in [2.75, 3.05) is 33.3 Å². The van der Waals surface area contributed by atoms with Crippen LogP contribution in [-0.2, 0) is 4.79 Å². The number of halogens is 2. The van der Waals surface area contributed by atoms with Gasteiger partial charge >= 0.3 is 0 Å². The molecule has 5 aliphatic rings. The van der Waals surface area contributed by atoms with Gasteiger partial charge in [0.05, 0.1) is 19.0 Å². The van der Waals surface area contributed by atoms with Crippen molar-refractivity contribution in [3.63, 3.8) is 0 Å². The van der Waals surface area contributed by atoms with Crippen molar-refractivity contribution in [2.24, 2.45) is 11.3 Å². The van der Waals surface area contributed by atoms with Gasteiger partial charge in [-0.25, -0.2) is 13.8 Å². The Labute approximate surface area is 226 Å². The number of hydrogen-bond acceptors (Lipinski definition) is 6. The molecule has 2 aromatic heterocycles. The molecule has 11 heteroatoms. The molecule has 1 atom stereocenters. The van der Waals surface area contributed by atoms with E-state index >= 15 is 0 Å². The number of likely N-dealkylation sites (tertiary alicyclic amines) is 1. The van der Waals surface area contributed by atoms with Crippen molar-refractivity contribution < 1.29 is 23.1 Å². The van der Waals surface area contributed by atoms with Crippen LogP contribution in [0.5, 0.6) is 5.88 Å². The molecule has 210 valence electrons. The van der Waals surface area contributed by atoms with Gasteiger partial charge in [-0.1, -0.05) is 0 Å². The first kappa shape index (κ1) is 26.2. The van der Waals surface area contributed by atoms with E-state index < -0.39 is 11.5 Å². The van der Waals surface area contributed by atoms with Crippen LogP contribution in [0.15, 0.2) is 18.3 Å². The van der Waals surface area contributed by atoms with Crippen molar-refractivity contribution in [3.8, 4) is 17.1 Å². The summed E-state index contributed by atoms with van der Waals surface area (Å²) in [5.74, 6) is -0.579. The zero-order valence-corrected chi connectivity index (χ0v) is 22.7. The fourth-order valence-electron chi connectivity index (χ4n) is 6.97. The van der Waals surface area contributed by atoms with Crippen LogP contribution < -0.4 is 10.1 Å². The molecule has 5 heterocycles. The maximum Gasteiger partial charge on any atom is 0.274 e. The van der Waals surface area contributed by atoms with Crippen LogP contribution in [0.25, 0.3) is 11.3 Å². The Morgan fingerprint density at radius 1 is 1.26 bits per heavy atom. The van der Waals surface area contributed by atoms with Gasteiger partial charge in [0.15, 0.2) is 11.5 Å². The average Bonchev–Trinajstić information content (AvgIpc) is 3.20. The predicted octanol–water partition coefficient (Wildman–Crippen LogP) is 3.33. The Morgan fingerprint density at radius 2 is 2.03 bits per heavy atom. The first-order valence-corrected chi connectivity index (χ1v) is 13.8. The summed E-state index contributed by atoms with van der Waals surface area (Å²) < 4.78 is 33.6. The molecule has 0 aromatic carbocycles. The second kappa shape index (κ2) is 9.25. The number of ether oxygens (including phenoxy) is 1. The summed E-state index contributed by atoms with van der Waals surface area (Å²) in [6, 6.07) is 3.44. The molecular formula is C28H36F2N6O3. The molecule has 2 amide bonds. The number of amides is 2. The first-order valence-electron chi connectivity index (χ1n) is 13.8. The lowest BCUT2D eigenvalue weighted by molar-refractivity contribution is -0.127. The molecule has 9 nitrogen and oxygen atoms in total. The van der Waals surface area contributed by atoms with Gasteiger partial charge < -0.3 is 15.0 Å². The Kier molecular flexibility index (Phi) is 6.20. The Hall–Kier alpha value is -3.08. The maximum atomic E-state index is 14.4. The number of pyridine rings is 1. The summed E-state index contributed by atoms with van der Waals surface area (Å²) in [7, 11) is 1.45. The number of methoxy groups -OCH3 is 1. The highest BCUT2D eigenvalue weighted by Gasteiger charge is 2.57. The van der Waals surface area contributed by atoms with Crippen molar-refractivity contribution in [1.82, 2.24) is 30.3 Å². The van der Waals surface area contributed by atoms with E-state index in [0.29, 0.717) is 44.2 Å². The first-order chi connectivity index (χ1) is 18.5. The molecule has 2 bridgehead atoms. The molecule has 2 aromatic rings. The largest absolute Gasteiger partial charge is 0.481 e. The van der Waals surface area contributed by atoms with Crippen LogP contribution in [0.1, 0.15) is 62.9 Å². The monoisotopic (exact) mass is 542 g/mol. The summed E-state index contributed by atoms with van der Waals surface area (Å²) in [6.45, 7) is 5.61. The highest BCUT2D eigenvalue weighted by molar-refractivity contribution is 5.94. The van der Waals surface area contributed by atoms with E-state index in [1.54, 1.807) is 19.9 Å². The second-order valence-electron chi connectivity index (χ2n) is 12.6. The van der Waals surface area contributed by atoms with Gasteiger partial charge in [-0.3, -0.25) is 19.6 Å². The highest BCUT2D eigenvalue weighted by atomic mass is 19.1. The number of aromatic nitrogens is 3. The van der Waals surface area contributed by atoms with Crippen LogP contribution in [0.4, 0.5) is 8.78 Å². The summed E-state index contributed by atoms with van der Waals surface area (Å²) >= 11 is 0. The molecule has 3 aliphatic heterocycles. The molecule has 5 fully saturated rings. The SMILES string of the molecule is COc1cc(-c2cc(C(=O)N3CC[C@H](C(=O)NCC45CC(C4)N(CC(C)(C)F)C5)CC34CC4)n[nH]2)c(F)cn1. The predicted molar refractivity (Wildman–Crippen MR) is 139 cm³/mol. The summed E-state index contributed by atoms with van der Waals surface area (Å²) in [5.41, 5.74) is -0.662. The minimum absolute atomic E-state index is 0.0552. The minimum atomic E-state index is -1.22. The molecule has 0 unspecified atom stereocenters. The number of hydrogen-bond donors (Lipinski definition) is 2. The van der Waals surface area contributed by atoms with Crippen molar-refractivity contribution in [3.05, 3.63) is 29.8 Å². The lowest BCUT2D eigenvalue weighted by Gasteiger charge is -2.41. The highest BCUT2D eigenvalue weighted by Crippen LogP contribution is 2.53. The molecule has 1 spiro atoms. The molecule has 39 heavy (non-hydrogen) atoms. The van der Waals surface area contributed by atoms with Gasteiger partial charge in [0.2, 0.25) is 11.8 Å². The number of H-pyrrole nitrogens is 1. The summed E-state index contributed by atoms with van der Waals surface area (Å²) in [4.78, 5) is 34.5. The normalized spacial score (nSPS) is 27.4. The number of nitrogens with one attached hydrogen (secondary N) is 2. The number of fused-ring (bicyclic) bond motifs is 1. The summed E-state index contributed by atoms with van der Waals surface area (Å²) in [5, 5.41) is 10.1. The van der Waals surface area contributed by atoms with Gasteiger partial charge in [0.1, 0.15) is 5.67 Å². The van der Waals surface area contributed by atoms with Crippen LogP contribution in [0.3, 0.4) is 0 Å². The number of nitrogens with zero attached hydrogens (tertiary/aromatic N) is 4. The van der Waals surface area contributed by atoms with E-state index in [0.717, 1.165) is 38.4 Å². The van der Waals surface area contributed by atoms with E-state index in [4.69, 9.17) is 4.74 Å². The second-order valence-corrected chi connectivity index (χ2v) is 12.6. The molecule has 2 aliphatic carbocycles. The van der Waals surface area contributed by atoms with Crippen LogP contribution in [-0.4, -0.2) is 87.3 Å². The number of aromatic amines is 1. The number of piperidine rings is 1. The fourth-order valence-corrected chi connectivity index (χ4v) is 6.97. The third kappa shape index (κ3) is 4.90. The molecule has 0 radical (unpaired) electrons. The van der Waals surface area contributed by atoms with Gasteiger partial charge in [-0.15, -0.1) is 0 Å². The quantitative estimate of drug-likeness (QED) is 0.531. The van der Waals surface area contributed by atoms with E-state index in [1.807, 2.05) is 4.90 Å². The Bertz CT molecular complexity index is 1280. The van der Waals surface area contributed by atoms with Crippen LogP contribution in [0.2, 0.25) is 0 Å². The lowest BCUT2D eigenvalue weighted by Crippen LogP contribution is -2.52. The van der Waals surface area contributed by atoms with Crippen LogP contribution in [0, 0.1) is 17.2 Å². The number of carbonyl (C=O) groups is 2. The smallest absolute Gasteiger partial charge is 0.274 e. The van der Waals surface area contributed by atoms with E-state index in [9.17, 15) is 18.4 Å². The molecular weight excluding hydrogens is 506 g/mol. The van der Waals surface area contributed by atoms with Gasteiger partial charge in [-0.05, 0) is 58.4 Å². The minimum Gasteiger partial charge on any atom is -0.481 e. The van der Waals surface area contributed by atoms with Gasteiger partial charge in [-0.2, -0.15) is 5.10 Å². The third-order valence-electron chi connectivity index (χ3n) is 9.08. The standard InChI is InChI=1S/C28H36F2N6O3/c1-26(2,30)15-35-16-27(11-18(35)12-27)14-32-24(37)17-4-7-36(28(10-17)5-6-28)25(38)22-9-21(33-34-22)19-8-23(39-3)31-13-20(19)29/h8-9,13,17-18H,4-7,10-12,14-16H2,1-3H3,(H,32,37)(H,33,34)/t17-,18?,27?/m0/s1. The molecule has 7 rings (SSSR count). The molecule has 2 saturated carbocycles. The van der Waals surface area contributed by atoms with Gasteiger partial charge in [0, 0.05) is 60.7 Å². The lowest BCUT2D eigenvalue weighted by atomic mass is 9.70. The van der Waals surface area contributed by atoms with Crippen LogP contribution >= 0.6 is 0 Å². The van der Waals surface area contributed by atoms with E-state index in [1.165, 1.54) is 13.2 Å². The zero-order valence-electron chi connectivity index (χ0n) is 22.7. The van der Waals surface area contributed by atoms with Gasteiger partial charge in [0.25, 0.3) is 5.91 Å². The zero-order chi connectivity index (χ0) is 27.6. The summed E-state index contributed by atoms with van der Waals surface area (Å²) in [6.07, 6.45) is 6.04. The van der Waals surface area contributed by atoms with E-state index in [2.05, 4.69) is 25.4 Å². The average molecular weight is 543 g/mol. The Balaban J connectivity index is 1.06. The van der Waals surface area contributed by atoms with Crippen molar-refractivity contribution in [1.29, 1.82) is 0 Å². The number of alkyl halides is 1. The third-order valence-corrected chi connectivity index (χ3v) is 9.08. The number of carbonyl (C=O) groups excluding carboxylic acids is 2. The molecule has 2 N–H and O–H groups in total. The Morgan fingerprint density at radius 3 is 2.72 bits per heavy atom. The maximum absolute atomic E-state index is 14.4. The molecule has 3 saturated heterocycles. The fraction of sp³-hybridized carbons (Fsp3) is 0.643. The topological polar surface area (TPSA) is 103 Å². The number of rotatable bonds is 8. The van der Waals surface area contributed by atoms with Crippen molar-refractivity contribution >= 4 is 11.8 Å². The van der Waals surface area contributed by atoms with Crippen molar-refractivity contribution in [2.45, 2.75) is 69.6 Å².